The number of aryl methyl sites for hydroxylation is 1. The van der Waals surface area contributed by atoms with Crippen LogP contribution in [0, 0.1) is 0 Å². The zero-order valence-corrected chi connectivity index (χ0v) is 8.61. The highest BCUT2D eigenvalue weighted by Crippen LogP contribution is 1.98. The minimum atomic E-state index is -0.925. The third-order valence-corrected chi connectivity index (χ3v) is 2.03. The van der Waals surface area contributed by atoms with E-state index in [9.17, 15) is 4.79 Å². The van der Waals surface area contributed by atoms with Crippen molar-refractivity contribution in [1.29, 1.82) is 0 Å². The van der Waals surface area contributed by atoms with Crippen LogP contribution >= 0.6 is 0 Å². The van der Waals surface area contributed by atoms with E-state index < -0.39 is 5.97 Å². The number of carboxylic acids is 1. The number of aromatic nitrogens is 6. The van der Waals surface area contributed by atoms with Gasteiger partial charge in [-0.15, -0.1) is 5.10 Å². The van der Waals surface area contributed by atoms with Gasteiger partial charge in [-0.2, -0.15) is 5.10 Å². The molecule has 0 fully saturated rings. The quantitative estimate of drug-likeness (QED) is 0.718. The van der Waals surface area contributed by atoms with Gasteiger partial charge in [0.1, 0.15) is 18.7 Å². The third kappa shape index (κ3) is 2.22. The summed E-state index contributed by atoms with van der Waals surface area (Å²) in [5.41, 5.74) is 0.426. The molecule has 8 nitrogen and oxygen atoms in total. The Balaban J connectivity index is 2.08. The maximum absolute atomic E-state index is 10.4. The predicted octanol–water partition coefficient (Wildman–Crippen LogP) is -0.918. The number of aliphatic carboxylic acids is 1. The summed E-state index contributed by atoms with van der Waals surface area (Å²) in [7, 11) is 1.78. The molecule has 0 atom stereocenters. The van der Waals surface area contributed by atoms with E-state index in [-0.39, 0.29) is 6.42 Å². The Hall–Kier alpha value is -2.25. The lowest BCUT2D eigenvalue weighted by molar-refractivity contribution is -0.136. The molecule has 0 amide bonds. The predicted molar refractivity (Wildman–Crippen MR) is 51.5 cm³/mol. The molecule has 2 heterocycles. The van der Waals surface area contributed by atoms with E-state index in [1.165, 1.54) is 11.0 Å². The molecule has 16 heavy (non-hydrogen) atoms. The summed E-state index contributed by atoms with van der Waals surface area (Å²) >= 11 is 0. The molecule has 84 valence electrons. The van der Waals surface area contributed by atoms with Gasteiger partial charge in [-0.3, -0.25) is 9.48 Å². The van der Waals surface area contributed by atoms with Crippen LogP contribution in [0.5, 0.6) is 0 Å². The van der Waals surface area contributed by atoms with Gasteiger partial charge < -0.3 is 5.11 Å². The molecule has 0 aliphatic carbocycles. The molecular weight excluding hydrogens is 212 g/mol. The molecule has 0 spiro atoms. The van der Waals surface area contributed by atoms with Gasteiger partial charge in [0.25, 0.3) is 0 Å². The number of rotatable bonds is 4. The fourth-order valence-electron chi connectivity index (χ4n) is 1.26. The second kappa shape index (κ2) is 4.09. The number of carboxylic acid groups (broad SMARTS) is 1. The Morgan fingerprint density at radius 3 is 3.00 bits per heavy atom. The highest BCUT2D eigenvalue weighted by Gasteiger charge is 2.07. The Labute approximate surface area is 90.5 Å². The largest absolute Gasteiger partial charge is 0.481 e. The summed E-state index contributed by atoms with van der Waals surface area (Å²) in [5, 5.41) is 20.0. The lowest BCUT2D eigenvalue weighted by Gasteiger charge is -1.98. The molecule has 2 aromatic heterocycles. The molecule has 0 aliphatic rings. The highest BCUT2D eigenvalue weighted by atomic mass is 16.4. The van der Waals surface area contributed by atoms with Crippen molar-refractivity contribution >= 4 is 5.97 Å². The van der Waals surface area contributed by atoms with Crippen molar-refractivity contribution in [2.75, 3.05) is 0 Å². The summed E-state index contributed by atoms with van der Waals surface area (Å²) in [5.74, 6) is -0.197. The SMILES string of the molecule is Cn1ncnc1Cn1cc(CC(=O)O)nn1. The Morgan fingerprint density at radius 1 is 1.56 bits per heavy atom. The Kier molecular flexibility index (Phi) is 2.63. The van der Waals surface area contributed by atoms with Crippen LogP contribution in [0.15, 0.2) is 12.5 Å². The minimum absolute atomic E-state index is 0.126. The fourth-order valence-corrected chi connectivity index (χ4v) is 1.26. The molecule has 0 aliphatic heterocycles. The van der Waals surface area contributed by atoms with E-state index in [2.05, 4.69) is 20.4 Å². The fraction of sp³-hybridized carbons (Fsp3) is 0.375. The molecule has 0 unspecified atom stereocenters. The van der Waals surface area contributed by atoms with Gasteiger partial charge in [-0.1, -0.05) is 5.21 Å². The zero-order chi connectivity index (χ0) is 11.5. The topological polar surface area (TPSA) is 98.7 Å². The van der Waals surface area contributed by atoms with Gasteiger partial charge in [-0.05, 0) is 0 Å². The van der Waals surface area contributed by atoms with Crippen molar-refractivity contribution in [3.8, 4) is 0 Å². The van der Waals surface area contributed by atoms with Gasteiger partial charge in [0.05, 0.1) is 12.1 Å². The zero-order valence-electron chi connectivity index (χ0n) is 8.61. The monoisotopic (exact) mass is 222 g/mol. The molecule has 2 aromatic rings. The second-order valence-corrected chi connectivity index (χ2v) is 3.28. The number of hydrogen-bond donors (Lipinski definition) is 1. The van der Waals surface area contributed by atoms with E-state index in [4.69, 9.17) is 5.11 Å². The molecule has 0 bridgehead atoms. The van der Waals surface area contributed by atoms with Gasteiger partial charge in [0.2, 0.25) is 0 Å². The molecule has 0 saturated heterocycles. The first-order chi connectivity index (χ1) is 7.65. The first-order valence-electron chi connectivity index (χ1n) is 4.59. The van der Waals surface area contributed by atoms with Gasteiger partial charge in [0, 0.05) is 13.2 Å². The van der Waals surface area contributed by atoms with E-state index in [0.717, 1.165) is 5.82 Å². The van der Waals surface area contributed by atoms with Crippen molar-refractivity contribution < 1.29 is 9.90 Å². The van der Waals surface area contributed by atoms with Crippen molar-refractivity contribution in [1.82, 2.24) is 29.8 Å². The molecule has 0 aromatic carbocycles. The molecule has 1 N–H and O–H groups in total. The summed E-state index contributed by atoms with van der Waals surface area (Å²) < 4.78 is 3.15. The smallest absolute Gasteiger partial charge is 0.309 e. The van der Waals surface area contributed by atoms with Crippen molar-refractivity contribution in [3.63, 3.8) is 0 Å². The van der Waals surface area contributed by atoms with Crippen molar-refractivity contribution in [2.45, 2.75) is 13.0 Å². The third-order valence-electron chi connectivity index (χ3n) is 2.03. The van der Waals surface area contributed by atoms with Crippen LogP contribution in [-0.4, -0.2) is 40.8 Å². The van der Waals surface area contributed by atoms with Gasteiger partial charge >= 0.3 is 5.97 Å². The number of carbonyl (C=O) groups is 1. The summed E-state index contributed by atoms with van der Waals surface area (Å²) in [4.78, 5) is 14.5. The summed E-state index contributed by atoms with van der Waals surface area (Å²) in [6.45, 7) is 0.420. The Bertz CT molecular complexity index is 502. The van der Waals surface area contributed by atoms with Crippen LogP contribution in [0.1, 0.15) is 11.5 Å². The first kappa shape index (κ1) is 10.3. The highest BCUT2D eigenvalue weighted by molar-refractivity contribution is 5.69. The normalized spacial score (nSPS) is 10.6. The van der Waals surface area contributed by atoms with E-state index >= 15 is 0 Å². The Morgan fingerprint density at radius 2 is 2.38 bits per heavy atom. The molecule has 2 rings (SSSR count). The second-order valence-electron chi connectivity index (χ2n) is 3.28. The maximum Gasteiger partial charge on any atom is 0.309 e. The molecule has 0 radical (unpaired) electrons. The number of nitrogens with zero attached hydrogens (tertiary/aromatic N) is 6. The van der Waals surface area contributed by atoms with Crippen molar-refractivity contribution in [3.05, 3.63) is 24.0 Å². The molecule has 0 saturated carbocycles. The van der Waals surface area contributed by atoms with Gasteiger partial charge in [0.15, 0.2) is 0 Å². The molecule has 8 heteroatoms. The average Bonchev–Trinajstić information content (AvgIpc) is 2.77. The summed E-state index contributed by atoms with van der Waals surface area (Å²) in [6, 6.07) is 0. The maximum atomic E-state index is 10.4. The van der Waals surface area contributed by atoms with Gasteiger partial charge in [-0.25, -0.2) is 9.67 Å². The van der Waals surface area contributed by atoms with Crippen LogP contribution in [0.4, 0.5) is 0 Å². The first-order valence-corrected chi connectivity index (χ1v) is 4.59. The minimum Gasteiger partial charge on any atom is -0.481 e. The van der Waals surface area contributed by atoms with Crippen LogP contribution in [0.3, 0.4) is 0 Å². The van der Waals surface area contributed by atoms with Crippen LogP contribution in [0.25, 0.3) is 0 Å². The van der Waals surface area contributed by atoms with Crippen molar-refractivity contribution in [2.24, 2.45) is 7.05 Å². The standard InChI is InChI=1S/C8H10N6O2/c1-13-7(9-5-10-13)4-14-3-6(11-12-14)2-8(15)16/h3,5H,2,4H2,1H3,(H,15,16). The number of hydrogen-bond acceptors (Lipinski definition) is 5. The van der Waals surface area contributed by atoms with E-state index in [1.54, 1.807) is 17.9 Å². The van der Waals surface area contributed by atoms with E-state index in [0.29, 0.717) is 12.2 Å². The van der Waals surface area contributed by atoms with Crippen LogP contribution < -0.4 is 0 Å². The lowest BCUT2D eigenvalue weighted by Crippen LogP contribution is -2.07. The van der Waals surface area contributed by atoms with E-state index in [1.807, 2.05) is 0 Å². The average molecular weight is 222 g/mol. The molecular formula is C8H10N6O2. The lowest BCUT2D eigenvalue weighted by atomic mass is 10.3. The summed E-state index contributed by atoms with van der Waals surface area (Å²) in [6.07, 6.45) is 2.91. The van der Waals surface area contributed by atoms with Crippen LogP contribution in [-0.2, 0) is 24.8 Å². The van der Waals surface area contributed by atoms with Crippen LogP contribution in [0.2, 0.25) is 0 Å².